The monoisotopic (exact) mass is 303 g/mol. The molecule has 1 aliphatic heterocycles. The number of amides is 1. The van der Waals surface area contributed by atoms with Crippen molar-refractivity contribution in [2.45, 2.75) is 38.6 Å². The third kappa shape index (κ3) is 5.78. The summed E-state index contributed by atoms with van der Waals surface area (Å²) >= 11 is 0. The van der Waals surface area contributed by atoms with Crippen LogP contribution in [0.5, 0.6) is 0 Å². The molecule has 1 fully saturated rings. The van der Waals surface area contributed by atoms with Gasteiger partial charge >= 0.3 is 0 Å². The summed E-state index contributed by atoms with van der Waals surface area (Å²) in [5.74, 6) is 0.417. The van der Waals surface area contributed by atoms with E-state index in [-0.39, 0.29) is 5.91 Å². The van der Waals surface area contributed by atoms with Crippen LogP contribution in [0.15, 0.2) is 30.3 Å². The Kier molecular flexibility index (Phi) is 6.87. The molecule has 3 N–H and O–H groups in total. The molecule has 1 aliphatic rings. The van der Waals surface area contributed by atoms with Crippen LogP contribution in [0.2, 0.25) is 0 Å². The first-order valence-electron chi connectivity index (χ1n) is 8.44. The van der Waals surface area contributed by atoms with Gasteiger partial charge in [-0.3, -0.25) is 4.79 Å². The number of rotatable bonds is 7. The summed E-state index contributed by atoms with van der Waals surface area (Å²) in [6.07, 6.45) is 4.56. The average molecular weight is 303 g/mol. The highest BCUT2D eigenvalue weighted by molar-refractivity contribution is 5.81. The van der Waals surface area contributed by atoms with Crippen LogP contribution < -0.4 is 11.1 Å². The number of likely N-dealkylation sites (tertiary alicyclic amines) is 1. The number of hydrogen-bond acceptors (Lipinski definition) is 3. The summed E-state index contributed by atoms with van der Waals surface area (Å²) in [6.45, 7) is 6.36. The number of carbonyl (C=O) groups excluding carboxylic acids is 1. The fourth-order valence-corrected chi connectivity index (χ4v) is 3.01. The van der Waals surface area contributed by atoms with Crippen molar-refractivity contribution < 1.29 is 4.79 Å². The first-order chi connectivity index (χ1) is 10.6. The van der Waals surface area contributed by atoms with E-state index in [1.165, 1.54) is 32.4 Å². The second kappa shape index (κ2) is 8.91. The lowest BCUT2D eigenvalue weighted by atomic mass is 10.1. The quantitative estimate of drug-likeness (QED) is 0.807. The highest BCUT2D eigenvalue weighted by atomic mass is 16.2. The minimum Gasteiger partial charge on any atom is -0.354 e. The van der Waals surface area contributed by atoms with E-state index >= 15 is 0 Å². The molecular formula is C18H29N3O. The van der Waals surface area contributed by atoms with Gasteiger partial charge in [0.05, 0.1) is 6.04 Å². The van der Waals surface area contributed by atoms with Gasteiger partial charge in [-0.15, -0.1) is 0 Å². The minimum atomic E-state index is -0.468. The van der Waals surface area contributed by atoms with E-state index < -0.39 is 6.04 Å². The predicted octanol–water partition coefficient (Wildman–Crippen LogP) is 1.79. The van der Waals surface area contributed by atoms with E-state index in [1.54, 1.807) is 0 Å². The predicted molar refractivity (Wildman–Crippen MR) is 90.6 cm³/mol. The van der Waals surface area contributed by atoms with E-state index in [9.17, 15) is 4.79 Å². The van der Waals surface area contributed by atoms with Gasteiger partial charge in [0.25, 0.3) is 0 Å². The Bertz CT molecular complexity index is 443. The maximum atomic E-state index is 12.1. The van der Waals surface area contributed by atoms with Crippen LogP contribution in [-0.4, -0.2) is 43.0 Å². The lowest BCUT2D eigenvalue weighted by Crippen LogP contribution is -2.45. The first-order valence-corrected chi connectivity index (χ1v) is 8.44. The number of nitrogens with two attached hydrogens (primary N) is 1. The van der Waals surface area contributed by atoms with Crippen LogP contribution in [0.25, 0.3) is 0 Å². The lowest BCUT2D eigenvalue weighted by molar-refractivity contribution is -0.122. The molecule has 4 heteroatoms. The number of nitrogens with one attached hydrogen (secondary N) is 1. The summed E-state index contributed by atoms with van der Waals surface area (Å²) in [5, 5.41) is 3.00. The molecule has 1 aromatic rings. The van der Waals surface area contributed by atoms with Crippen molar-refractivity contribution in [1.82, 2.24) is 10.2 Å². The molecular weight excluding hydrogens is 274 g/mol. The maximum Gasteiger partial charge on any atom is 0.237 e. The van der Waals surface area contributed by atoms with Gasteiger partial charge in [0, 0.05) is 13.1 Å². The van der Waals surface area contributed by atoms with E-state index in [0.29, 0.717) is 18.9 Å². The van der Waals surface area contributed by atoms with Gasteiger partial charge in [-0.25, -0.2) is 0 Å². The molecule has 2 atom stereocenters. The van der Waals surface area contributed by atoms with E-state index in [2.05, 4.69) is 17.1 Å². The van der Waals surface area contributed by atoms with Gasteiger partial charge in [0.1, 0.15) is 0 Å². The molecule has 2 rings (SSSR count). The Balaban J connectivity index is 1.67. The van der Waals surface area contributed by atoms with Crippen molar-refractivity contribution in [3.05, 3.63) is 35.9 Å². The van der Waals surface area contributed by atoms with Crippen molar-refractivity contribution in [2.24, 2.45) is 11.7 Å². The van der Waals surface area contributed by atoms with Crippen LogP contribution in [0.3, 0.4) is 0 Å². The van der Waals surface area contributed by atoms with Crippen molar-refractivity contribution in [3.8, 4) is 0 Å². The fraction of sp³-hybridized carbons (Fsp3) is 0.611. The van der Waals surface area contributed by atoms with Crippen LogP contribution in [0.4, 0.5) is 0 Å². The summed E-state index contributed by atoms with van der Waals surface area (Å²) in [6, 6.07) is 9.46. The second-order valence-electron chi connectivity index (χ2n) is 6.51. The zero-order chi connectivity index (χ0) is 15.8. The normalized spacial score (nSPS) is 18.6. The van der Waals surface area contributed by atoms with Gasteiger partial charge in [-0.2, -0.15) is 0 Å². The van der Waals surface area contributed by atoms with Crippen LogP contribution in [0.1, 0.15) is 31.7 Å². The SMILES string of the molecule is CC(CNC(=O)C(N)Cc1ccccc1)CN1CCCCC1. The van der Waals surface area contributed by atoms with Gasteiger partial charge < -0.3 is 16.0 Å². The number of piperidine rings is 1. The minimum absolute atomic E-state index is 0.0469. The molecule has 1 amide bonds. The molecule has 0 radical (unpaired) electrons. The molecule has 1 heterocycles. The van der Waals surface area contributed by atoms with Crippen molar-refractivity contribution in [1.29, 1.82) is 0 Å². The van der Waals surface area contributed by atoms with Gasteiger partial charge in [0.15, 0.2) is 0 Å². The van der Waals surface area contributed by atoms with E-state index in [1.807, 2.05) is 30.3 Å². The summed E-state index contributed by atoms with van der Waals surface area (Å²) in [5.41, 5.74) is 7.10. The maximum absolute atomic E-state index is 12.1. The van der Waals surface area contributed by atoms with Gasteiger partial charge in [0.2, 0.25) is 5.91 Å². The molecule has 0 saturated carbocycles. The molecule has 1 aromatic carbocycles. The Morgan fingerprint density at radius 3 is 2.59 bits per heavy atom. The number of benzene rings is 1. The molecule has 0 bridgehead atoms. The van der Waals surface area contributed by atoms with Gasteiger partial charge in [-0.05, 0) is 43.8 Å². The molecule has 4 nitrogen and oxygen atoms in total. The van der Waals surface area contributed by atoms with Crippen molar-refractivity contribution >= 4 is 5.91 Å². The van der Waals surface area contributed by atoms with Crippen LogP contribution in [0, 0.1) is 5.92 Å². The largest absolute Gasteiger partial charge is 0.354 e. The lowest BCUT2D eigenvalue weighted by Gasteiger charge is -2.29. The summed E-state index contributed by atoms with van der Waals surface area (Å²) in [7, 11) is 0. The Morgan fingerprint density at radius 2 is 1.91 bits per heavy atom. The highest BCUT2D eigenvalue weighted by Gasteiger charge is 2.17. The third-order valence-corrected chi connectivity index (χ3v) is 4.28. The summed E-state index contributed by atoms with van der Waals surface area (Å²) in [4.78, 5) is 14.6. The van der Waals surface area contributed by atoms with Crippen LogP contribution in [-0.2, 0) is 11.2 Å². The van der Waals surface area contributed by atoms with Crippen LogP contribution >= 0.6 is 0 Å². The first kappa shape index (κ1) is 17.0. The zero-order valence-corrected chi connectivity index (χ0v) is 13.6. The second-order valence-corrected chi connectivity index (χ2v) is 6.51. The Labute approximate surface area is 134 Å². The molecule has 2 unspecified atom stereocenters. The Hall–Kier alpha value is -1.39. The smallest absolute Gasteiger partial charge is 0.237 e. The number of carbonyl (C=O) groups is 1. The molecule has 1 saturated heterocycles. The molecule has 0 aromatic heterocycles. The Morgan fingerprint density at radius 1 is 1.23 bits per heavy atom. The molecule has 122 valence electrons. The summed E-state index contributed by atoms with van der Waals surface area (Å²) < 4.78 is 0. The third-order valence-electron chi connectivity index (χ3n) is 4.28. The standard InChI is InChI=1S/C18H29N3O/c1-15(14-21-10-6-3-7-11-21)13-20-18(22)17(19)12-16-8-4-2-5-9-16/h2,4-5,8-9,15,17H,3,6-7,10-14,19H2,1H3,(H,20,22). The topological polar surface area (TPSA) is 58.4 Å². The zero-order valence-electron chi connectivity index (χ0n) is 13.6. The fourth-order valence-electron chi connectivity index (χ4n) is 3.01. The highest BCUT2D eigenvalue weighted by Crippen LogP contribution is 2.10. The van der Waals surface area contributed by atoms with Gasteiger partial charge in [-0.1, -0.05) is 43.7 Å². The average Bonchev–Trinajstić information content (AvgIpc) is 2.54. The van der Waals surface area contributed by atoms with Crippen molar-refractivity contribution in [3.63, 3.8) is 0 Å². The van der Waals surface area contributed by atoms with E-state index in [4.69, 9.17) is 5.73 Å². The number of hydrogen-bond donors (Lipinski definition) is 2. The molecule has 0 aliphatic carbocycles. The molecule has 22 heavy (non-hydrogen) atoms. The molecule has 0 spiro atoms. The van der Waals surface area contributed by atoms with Crippen molar-refractivity contribution in [2.75, 3.05) is 26.2 Å². The van der Waals surface area contributed by atoms with E-state index in [0.717, 1.165) is 12.1 Å². The number of nitrogens with zero attached hydrogens (tertiary/aromatic N) is 1.